The van der Waals surface area contributed by atoms with Crippen LogP contribution in [-0.2, 0) is 4.74 Å². The van der Waals surface area contributed by atoms with Crippen LogP contribution in [0.15, 0.2) is 6.07 Å². The molecule has 0 fully saturated rings. The van der Waals surface area contributed by atoms with E-state index in [9.17, 15) is 0 Å². The lowest BCUT2D eigenvalue weighted by atomic mass is 10.4. The maximum Gasteiger partial charge on any atom is 0.223 e. The zero-order valence-corrected chi connectivity index (χ0v) is 8.29. The highest BCUT2D eigenvalue weighted by molar-refractivity contribution is 5.27. The molecule has 0 saturated heterocycles. The van der Waals surface area contributed by atoms with Crippen molar-refractivity contribution < 1.29 is 4.74 Å². The van der Waals surface area contributed by atoms with Gasteiger partial charge in [0.25, 0.3) is 0 Å². The molecule has 0 aromatic carbocycles. The fourth-order valence-corrected chi connectivity index (χ4v) is 1.07. The summed E-state index contributed by atoms with van der Waals surface area (Å²) in [4.78, 5) is 8.46. The molecule has 0 aliphatic carbocycles. The van der Waals surface area contributed by atoms with E-state index >= 15 is 0 Å². The maximum atomic E-state index is 4.91. The molecule has 0 atom stereocenters. The smallest absolute Gasteiger partial charge is 0.223 e. The molecular formula is C9H15N3O. The summed E-state index contributed by atoms with van der Waals surface area (Å²) in [5, 5.41) is 3.08. The Morgan fingerprint density at radius 3 is 2.46 bits per heavy atom. The van der Waals surface area contributed by atoms with Crippen molar-refractivity contribution in [3.8, 4) is 0 Å². The van der Waals surface area contributed by atoms with Gasteiger partial charge in [-0.1, -0.05) is 0 Å². The lowest BCUT2D eigenvalue weighted by molar-refractivity contribution is 0.210. The molecule has 4 nitrogen and oxygen atoms in total. The average Bonchev–Trinajstić information content (AvgIpc) is 2.03. The van der Waals surface area contributed by atoms with Crippen molar-refractivity contribution in [2.24, 2.45) is 0 Å². The van der Waals surface area contributed by atoms with Crippen molar-refractivity contribution in [1.29, 1.82) is 0 Å². The molecule has 0 aliphatic heterocycles. The Morgan fingerprint density at radius 2 is 1.92 bits per heavy atom. The van der Waals surface area contributed by atoms with Gasteiger partial charge < -0.3 is 10.1 Å². The van der Waals surface area contributed by atoms with Crippen molar-refractivity contribution in [3.05, 3.63) is 17.5 Å². The van der Waals surface area contributed by atoms with Gasteiger partial charge in [-0.2, -0.15) is 0 Å². The average molecular weight is 181 g/mol. The number of hydrogen-bond acceptors (Lipinski definition) is 4. The van der Waals surface area contributed by atoms with Gasteiger partial charge in [0.05, 0.1) is 6.61 Å². The molecule has 0 radical (unpaired) electrons. The number of rotatable bonds is 4. The van der Waals surface area contributed by atoms with Crippen LogP contribution in [-0.4, -0.2) is 30.2 Å². The molecule has 0 amide bonds. The lowest BCUT2D eigenvalue weighted by Gasteiger charge is -2.05. The first kappa shape index (κ1) is 9.92. The highest BCUT2D eigenvalue weighted by atomic mass is 16.5. The van der Waals surface area contributed by atoms with Crippen LogP contribution in [0.5, 0.6) is 0 Å². The van der Waals surface area contributed by atoms with E-state index in [0.717, 1.165) is 17.9 Å². The Bertz CT molecular complexity index is 255. The zero-order valence-electron chi connectivity index (χ0n) is 8.29. The van der Waals surface area contributed by atoms with Gasteiger partial charge in [0.2, 0.25) is 5.95 Å². The summed E-state index contributed by atoms with van der Waals surface area (Å²) in [5.74, 6) is 0.676. The molecule has 1 heterocycles. The number of aryl methyl sites for hydroxylation is 2. The number of anilines is 1. The molecule has 1 aromatic rings. The molecule has 0 unspecified atom stereocenters. The van der Waals surface area contributed by atoms with Gasteiger partial charge in [-0.3, -0.25) is 0 Å². The fraction of sp³-hybridized carbons (Fsp3) is 0.556. The molecule has 1 aromatic heterocycles. The van der Waals surface area contributed by atoms with E-state index in [-0.39, 0.29) is 0 Å². The van der Waals surface area contributed by atoms with Crippen LogP contribution in [0.4, 0.5) is 5.95 Å². The number of ether oxygens (including phenoxy) is 1. The second-order valence-corrected chi connectivity index (χ2v) is 2.89. The van der Waals surface area contributed by atoms with Gasteiger partial charge in [0.15, 0.2) is 0 Å². The van der Waals surface area contributed by atoms with Crippen LogP contribution < -0.4 is 5.32 Å². The summed E-state index contributed by atoms with van der Waals surface area (Å²) in [7, 11) is 1.67. The normalized spacial score (nSPS) is 10.1. The number of aromatic nitrogens is 2. The van der Waals surface area contributed by atoms with E-state index in [0.29, 0.717) is 12.6 Å². The number of nitrogens with one attached hydrogen (secondary N) is 1. The summed E-state index contributed by atoms with van der Waals surface area (Å²) in [6.45, 7) is 5.31. The molecule has 0 spiro atoms. The molecule has 13 heavy (non-hydrogen) atoms. The third-order valence-corrected chi connectivity index (χ3v) is 1.57. The highest BCUT2D eigenvalue weighted by Crippen LogP contribution is 2.02. The second kappa shape index (κ2) is 4.77. The van der Waals surface area contributed by atoms with E-state index < -0.39 is 0 Å². The van der Waals surface area contributed by atoms with Crippen LogP contribution >= 0.6 is 0 Å². The Balaban J connectivity index is 2.56. The predicted molar refractivity (Wildman–Crippen MR) is 51.9 cm³/mol. The first-order valence-electron chi connectivity index (χ1n) is 4.27. The standard InChI is InChI=1S/C9H15N3O/c1-7-6-8(2)12-9(11-7)10-4-5-13-3/h6H,4-5H2,1-3H3,(H,10,11,12). The first-order chi connectivity index (χ1) is 6.22. The summed E-state index contributed by atoms with van der Waals surface area (Å²) in [6.07, 6.45) is 0. The summed E-state index contributed by atoms with van der Waals surface area (Å²) in [5.41, 5.74) is 1.96. The Morgan fingerprint density at radius 1 is 1.31 bits per heavy atom. The quantitative estimate of drug-likeness (QED) is 0.708. The van der Waals surface area contributed by atoms with Gasteiger partial charge in [-0.15, -0.1) is 0 Å². The van der Waals surface area contributed by atoms with Crippen LogP contribution in [0.2, 0.25) is 0 Å². The van der Waals surface area contributed by atoms with Crippen LogP contribution in [0.25, 0.3) is 0 Å². The minimum absolute atomic E-state index is 0.663. The third-order valence-electron chi connectivity index (χ3n) is 1.57. The Kier molecular flexibility index (Phi) is 3.64. The van der Waals surface area contributed by atoms with E-state index in [1.807, 2.05) is 19.9 Å². The van der Waals surface area contributed by atoms with Gasteiger partial charge in [0, 0.05) is 25.0 Å². The van der Waals surface area contributed by atoms with Crippen LogP contribution in [0.3, 0.4) is 0 Å². The van der Waals surface area contributed by atoms with Gasteiger partial charge >= 0.3 is 0 Å². The molecule has 0 bridgehead atoms. The van der Waals surface area contributed by atoms with E-state index in [1.54, 1.807) is 7.11 Å². The largest absolute Gasteiger partial charge is 0.383 e. The summed E-state index contributed by atoms with van der Waals surface area (Å²) < 4.78 is 4.91. The van der Waals surface area contributed by atoms with Crippen molar-refractivity contribution >= 4 is 5.95 Å². The third kappa shape index (κ3) is 3.38. The summed E-state index contributed by atoms with van der Waals surface area (Å²) >= 11 is 0. The zero-order chi connectivity index (χ0) is 9.68. The monoisotopic (exact) mass is 181 g/mol. The van der Waals surface area contributed by atoms with Crippen molar-refractivity contribution in [3.63, 3.8) is 0 Å². The topological polar surface area (TPSA) is 47.0 Å². The molecule has 0 aliphatic rings. The molecular weight excluding hydrogens is 166 g/mol. The lowest BCUT2D eigenvalue weighted by Crippen LogP contribution is -2.10. The fourth-order valence-electron chi connectivity index (χ4n) is 1.07. The van der Waals surface area contributed by atoms with Crippen molar-refractivity contribution in [1.82, 2.24) is 9.97 Å². The molecule has 1 N–H and O–H groups in total. The van der Waals surface area contributed by atoms with E-state index in [2.05, 4.69) is 15.3 Å². The first-order valence-corrected chi connectivity index (χ1v) is 4.27. The van der Waals surface area contributed by atoms with E-state index in [1.165, 1.54) is 0 Å². The number of methoxy groups -OCH3 is 1. The molecule has 4 heteroatoms. The summed E-state index contributed by atoms with van der Waals surface area (Å²) in [6, 6.07) is 1.95. The Hall–Kier alpha value is -1.16. The Labute approximate surface area is 78.4 Å². The molecule has 72 valence electrons. The number of hydrogen-bond donors (Lipinski definition) is 1. The van der Waals surface area contributed by atoms with Crippen molar-refractivity contribution in [2.75, 3.05) is 25.6 Å². The maximum absolute atomic E-state index is 4.91. The van der Waals surface area contributed by atoms with Gasteiger partial charge in [-0.05, 0) is 19.9 Å². The van der Waals surface area contributed by atoms with E-state index in [4.69, 9.17) is 4.74 Å². The minimum atomic E-state index is 0.663. The molecule has 1 rings (SSSR count). The van der Waals surface area contributed by atoms with Crippen molar-refractivity contribution in [2.45, 2.75) is 13.8 Å². The van der Waals surface area contributed by atoms with Crippen LogP contribution in [0, 0.1) is 13.8 Å². The molecule has 0 saturated carbocycles. The van der Waals surface area contributed by atoms with Gasteiger partial charge in [0.1, 0.15) is 0 Å². The highest BCUT2D eigenvalue weighted by Gasteiger charge is 1.97. The second-order valence-electron chi connectivity index (χ2n) is 2.89. The van der Waals surface area contributed by atoms with Gasteiger partial charge in [-0.25, -0.2) is 9.97 Å². The SMILES string of the molecule is COCCNc1nc(C)cc(C)n1. The predicted octanol–water partition coefficient (Wildman–Crippen LogP) is 1.15. The number of nitrogens with zero attached hydrogens (tertiary/aromatic N) is 2. The minimum Gasteiger partial charge on any atom is -0.383 e. The van der Waals surface area contributed by atoms with Crippen LogP contribution in [0.1, 0.15) is 11.4 Å².